The third-order valence-electron chi connectivity index (χ3n) is 2.40. The van der Waals surface area contributed by atoms with E-state index in [0.29, 0.717) is 37.7 Å². The molecule has 6 heteroatoms. The first-order valence-corrected chi connectivity index (χ1v) is 5.48. The van der Waals surface area contributed by atoms with Crippen molar-refractivity contribution in [1.82, 2.24) is 15.2 Å². The number of amides is 1. The highest BCUT2D eigenvalue weighted by molar-refractivity contribution is 5.75. The highest BCUT2D eigenvalue weighted by Gasteiger charge is 2.18. The van der Waals surface area contributed by atoms with Crippen molar-refractivity contribution >= 4 is 5.91 Å². The van der Waals surface area contributed by atoms with Gasteiger partial charge >= 0.3 is 0 Å². The molecular weight excluding hydrogens is 210 g/mol. The molecule has 0 bridgehead atoms. The van der Waals surface area contributed by atoms with Gasteiger partial charge in [0.1, 0.15) is 0 Å². The molecule has 0 saturated carbocycles. The van der Waals surface area contributed by atoms with Gasteiger partial charge in [-0.25, -0.2) is 5.06 Å². The van der Waals surface area contributed by atoms with E-state index >= 15 is 0 Å². The fourth-order valence-electron chi connectivity index (χ4n) is 1.57. The highest BCUT2D eigenvalue weighted by atomic mass is 16.7. The molecular formula is C10H15N3O3. The Hall–Kier alpha value is -1.43. The number of hydroxylamine groups is 2. The van der Waals surface area contributed by atoms with Crippen LogP contribution in [0.5, 0.6) is 0 Å². The van der Waals surface area contributed by atoms with E-state index in [0.717, 1.165) is 12.8 Å². The molecule has 1 aromatic heterocycles. The van der Waals surface area contributed by atoms with Crippen LogP contribution in [0.2, 0.25) is 0 Å². The summed E-state index contributed by atoms with van der Waals surface area (Å²) in [5.74, 6) is 1.08. The molecule has 0 atom stereocenters. The summed E-state index contributed by atoms with van der Waals surface area (Å²) in [6.45, 7) is 3.07. The Morgan fingerprint density at radius 2 is 2.38 bits per heavy atom. The van der Waals surface area contributed by atoms with Crippen molar-refractivity contribution in [2.75, 3.05) is 13.2 Å². The topological polar surface area (TPSA) is 68.5 Å². The van der Waals surface area contributed by atoms with Crippen LogP contribution in [0.15, 0.2) is 4.52 Å². The van der Waals surface area contributed by atoms with E-state index < -0.39 is 0 Å². The van der Waals surface area contributed by atoms with Gasteiger partial charge in [0.2, 0.25) is 11.8 Å². The van der Waals surface area contributed by atoms with Gasteiger partial charge in [-0.2, -0.15) is 4.98 Å². The van der Waals surface area contributed by atoms with Crippen LogP contribution in [0.4, 0.5) is 0 Å². The van der Waals surface area contributed by atoms with Crippen molar-refractivity contribution in [3.8, 4) is 0 Å². The van der Waals surface area contributed by atoms with Gasteiger partial charge in [-0.15, -0.1) is 0 Å². The van der Waals surface area contributed by atoms with Gasteiger partial charge in [-0.05, 0) is 19.8 Å². The van der Waals surface area contributed by atoms with Crippen LogP contribution in [-0.4, -0.2) is 34.3 Å². The summed E-state index contributed by atoms with van der Waals surface area (Å²) in [5.41, 5.74) is 0. The molecule has 2 heterocycles. The molecule has 16 heavy (non-hydrogen) atoms. The van der Waals surface area contributed by atoms with E-state index in [-0.39, 0.29) is 5.91 Å². The zero-order chi connectivity index (χ0) is 11.4. The molecule has 0 spiro atoms. The minimum Gasteiger partial charge on any atom is -0.339 e. The van der Waals surface area contributed by atoms with E-state index in [1.807, 2.05) is 0 Å². The van der Waals surface area contributed by atoms with Crippen molar-refractivity contribution < 1.29 is 14.2 Å². The molecule has 88 valence electrons. The lowest BCUT2D eigenvalue weighted by Gasteiger charge is -2.25. The Morgan fingerprint density at radius 1 is 1.50 bits per heavy atom. The number of aromatic nitrogens is 2. The smallest absolute Gasteiger partial charge is 0.246 e. The van der Waals surface area contributed by atoms with Crippen LogP contribution in [0.1, 0.15) is 31.0 Å². The Kier molecular flexibility index (Phi) is 3.51. The van der Waals surface area contributed by atoms with E-state index in [9.17, 15) is 4.79 Å². The molecule has 0 aliphatic carbocycles. The largest absolute Gasteiger partial charge is 0.339 e. The molecule has 0 unspecified atom stereocenters. The Labute approximate surface area is 93.5 Å². The maximum absolute atomic E-state index is 11.7. The van der Waals surface area contributed by atoms with Crippen molar-refractivity contribution in [2.45, 2.75) is 32.6 Å². The monoisotopic (exact) mass is 225 g/mol. The Balaban J connectivity index is 1.78. The molecule has 1 aromatic rings. The van der Waals surface area contributed by atoms with Crippen molar-refractivity contribution in [3.63, 3.8) is 0 Å². The second-order valence-electron chi connectivity index (χ2n) is 3.77. The van der Waals surface area contributed by atoms with E-state index in [4.69, 9.17) is 9.36 Å². The average Bonchev–Trinajstić information content (AvgIpc) is 2.73. The number of carbonyl (C=O) groups excluding carboxylic acids is 1. The quantitative estimate of drug-likeness (QED) is 0.763. The third kappa shape index (κ3) is 2.79. The molecule has 1 amide bonds. The molecule has 1 aliphatic rings. The van der Waals surface area contributed by atoms with Gasteiger partial charge in [0.05, 0.1) is 6.61 Å². The molecule has 1 saturated heterocycles. The lowest BCUT2D eigenvalue weighted by atomic mass is 10.2. The van der Waals surface area contributed by atoms with Gasteiger partial charge in [0.15, 0.2) is 5.82 Å². The van der Waals surface area contributed by atoms with E-state index in [1.165, 1.54) is 5.06 Å². The standard InChI is InChI=1S/C10H15N3O3/c1-8-11-9(16-12-8)4-5-10(14)13-6-2-3-7-15-13/h2-7H2,1H3. The number of hydrogen-bond donors (Lipinski definition) is 0. The summed E-state index contributed by atoms with van der Waals surface area (Å²) >= 11 is 0. The third-order valence-corrected chi connectivity index (χ3v) is 2.40. The minimum absolute atomic E-state index is 0.0180. The van der Waals surface area contributed by atoms with E-state index in [2.05, 4.69) is 10.1 Å². The van der Waals surface area contributed by atoms with Crippen LogP contribution >= 0.6 is 0 Å². The minimum atomic E-state index is -0.0180. The predicted octanol–water partition coefficient (Wildman–Crippen LogP) is 0.865. The predicted molar refractivity (Wildman–Crippen MR) is 54.3 cm³/mol. The first-order valence-electron chi connectivity index (χ1n) is 5.48. The number of rotatable bonds is 3. The molecule has 0 aromatic carbocycles. The lowest BCUT2D eigenvalue weighted by molar-refractivity contribution is -0.197. The number of nitrogens with zero attached hydrogens (tertiary/aromatic N) is 3. The SMILES string of the molecule is Cc1noc(CCC(=O)N2CCCCO2)n1. The fraction of sp³-hybridized carbons (Fsp3) is 0.700. The Bertz CT molecular complexity index is 358. The van der Waals surface area contributed by atoms with Crippen LogP contribution in [0.25, 0.3) is 0 Å². The zero-order valence-electron chi connectivity index (χ0n) is 9.31. The van der Waals surface area contributed by atoms with Crippen LogP contribution < -0.4 is 0 Å². The zero-order valence-corrected chi connectivity index (χ0v) is 9.31. The molecule has 6 nitrogen and oxygen atoms in total. The fourth-order valence-corrected chi connectivity index (χ4v) is 1.57. The van der Waals surface area contributed by atoms with Crippen molar-refractivity contribution in [2.24, 2.45) is 0 Å². The summed E-state index contributed by atoms with van der Waals surface area (Å²) in [4.78, 5) is 21.0. The first-order chi connectivity index (χ1) is 7.75. The van der Waals surface area contributed by atoms with Gasteiger partial charge in [-0.1, -0.05) is 5.16 Å². The number of hydrogen-bond acceptors (Lipinski definition) is 5. The van der Waals surface area contributed by atoms with E-state index in [1.54, 1.807) is 6.92 Å². The summed E-state index contributed by atoms with van der Waals surface area (Å²) in [6, 6.07) is 0. The lowest BCUT2D eigenvalue weighted by Crippen LogP contribution is -2.35. The summed E-state index contributed by atoms with van der Waals surface area (Å²) in [5, 5.41) is 5.10. The molecule has 0 radical (unpaired) electrons. The molecule has 2 rings (SSSR count). The Morgan fingerprint density at radius 3 is 3.00 bits per heavy atom. The van der Waals surface area contributed by atoms with Crippen molar-refractivity contribution in [1.29, 1.82) is 0 Å². The second kappa shape index (κ2) is 5.07. The number of aryl methyl sites for hydroxylation is 2. The molecule has 1 aliphatic heterocycles. The highest BCUT2D eigenvalue weighted by Crippen LogP contribution is 2.09. The normalized spacial score (nSPS) is 16.4. The molecule has 0 N–H and O–H groups in total. The summed E-state index contributed by atoms with van der Waals surface area (Å²) in [7, 11) is 0. The maximum Gasteiger partial charge on any atom is 0.246 e. The van der Waals surface area contributed by atoms with Gasteiger partial charge < -0.3 is 4.52 Å². The average molecular weight is 225 g/mol. The summed E-state index contributed by atoms with van der Waals surface area (Å²) in [6.07, 6.45) is 2.85. The maximum atomic E-state index is 11.7. The van der Waals surface area contributed by atoms with Gasteiger partial charge in [0.25, 0.3) is 0 Å². The van der Waals surface area contributed by atoms with Crippen molar-refractivity contribution in [3.05, 3.63) is 11.7 Å². The second-order valence-corrected chi connectivity index (χ2v) is 3.77. The van der Waals surface area contributed by atoms with Crippen LogP contribution in [-0.2, 0) is 16.1 Å². The number of carbonyl (C=O) groups is 1. The van der Waals surface area contributed by atoms with Gasteiger partial charge in [-0.3, -0.25) is 9.63 Å². The molecule has 1 fully saturated rings. The first kappa shape index (κ1) is 11.1. The van der Waals surface area contributed by atoms with Crippen LogP contribution in [0, 0.1) is 6.92 Å². The summed E-state index contributed by atoms with van der Waals surface area (Å²) < 4.78 is 4.93. The van der Waals surface area contributed by atoms with Crippen LogP contribution in [0.3, 0.4) is 0 Å². The van der Waals surface area contributed by atoms with Gasteiger partial charge in [0, 0.05) is 19.4 Å².